The van der Waals surface area contributed by atoms with E-state index < -0.39 is 0 Å². The molecule has 0 spiro atoms. The van der Waals surface area contributed by atoms with Gasteiger partial charge in [-0.25, -0.2) is 0 Å². The van der Waals surface area contributed by atoms with Crippen molar-refractivity contribution in [2.75, 3.05) is 19.9 Å². The van der Waals surface area contributed by atoms with E-state index in [2.05, 4.69) is 20.8 Å². The summed E-state index contributed by atoms with van der Waals surface area (Å²) in [6, 6.07) is 5.53. The van der Waals surface area contributed by atoms with E-state index in [9.17, 15) is 9.90 Å². The van der Waals surface area contributed by atoms with Gasteiger partial charge in [-0.3, -0.25) is 9.69 Å². The van der Waals surface area contributed by atoms with Gasteiger partial charge in [-0.2, -0.15) is 0 Å². The number of halogens is 1. The zero-order valence-electron chi connectivity index (χ0n) is 18.1. The molecule has 1 fully saturated rings. The highest BCUT2D eigenvalue weighted by Crippen LogP contribution is 2.43. The molecule has 0 bridgehead atoms. The first kappa shape index (κ1) is 21.5. The van der Waals surface area contributed by atoms with Crippen LogP contribution < -0.4 is 9.47 Å². The van der Waals surface area contributed by atoms with Crippen LogP contribution in [0.5, 0.6) is 17.2 Å². The molecule has 32 heavy (non-hydrogen) atoms. The molecule has 5 rings (SSSR count). The molecule has 0 amide bonds. The maximum absolute atomic E-state index is 13.3. The van der Waals surface area contributed by atoms with E-state index in [1.165, 1.54) is 12.8 Å². The normalized spacial score (nSPS) is 19.8. The number of ether oxygens (including phenoxy) is 3. The van der Waals surface area contributed by atoms with E-state index in [0.717, 1.165) is 41.5 Å². The first-order chi connectivity index (χ1) is 15.5. The molecule has 1 N–H and O–H groups in total. The van der Waals surface area contributed by atoms with Gasteiger partial charge in [-0.15, -0.1) is 0 Å². The van der Waals surface area contributed by atoms with Crippen LogP contribution in [0.4, 0.5) is 0 Å². The van der Waals surface area contributed by atoms with Crippen LogP contribution in [0.3, 0.4) is 0 Å². The SMILES string of the molecule is Cc1cc(O)c(CN2CCCCCC2)c2c1C(=O)/C(=C/c1cc(Br)cc3c1OCOC3)O2. The topological polar surface area (TPSA) is 68.2 Å². The Bertz CT molecular complexity index is 1100. The van der Waals surface area contributed by atoms with Gasteiger partial charge in [-0.1, -0.05) is 28.8 Å². The minimum atomic E-state index is -0.171. The van der Waals surface area contributed by atoms with Gasteiger partial charge in [0.25, 0.3) is 0 Å². The number of aromatic hydroxyl groups is 1. The summed E-state index contributed by atoms with van der Waals surface area (Å²) >= 11 is 3.52. The molecule has 0 saturated carbocycles. The van der Waals surface area contributed by atoms with Crippen LogP contribution in [0.1, 0.15) is 58.3 Å². The highest BCUT2D eigenvalue weighted by Gasteiger charge is 2.34. The van der Waals surface area contributed by atoms with Crippen LogP contribution in [-0.4, -0.2) is 35.7 Å². The first-order valence-electron chi connectivity index (χ1n) is 11.1. The number of nitrogens with zero attached hydrogens (tertiary/aromatic N) is 1. The lowest BCUT2D eigenvalue weighted by Gasteiger charge is -2.22. The van der Waals surface area contributed by atoms with Gasteiger partial charge in [0.1, 0.15) is 17.2 Å². The maximum atomic E-state index is 13.3. The number of aryl methyl sites for hydroxylation is 1. The van der Waals surface area contributed by atoms with Crippen LogP contribution in [0.25, 0.3) is 6.08 Å². The molecule has 7 heteroatoms. The van der Waals surface area contributed by atoms with Gasteiger partial charge in [0.05, 0.1) is 17.7 Å². The van der Waals surface area contributed by atoms with Gasteiger partial charge >= 0.3 is 0 Å². The summed E-state index contributed by atoms with van der Waals surface area (Å²) in [5, 5.41) is 10.7. The number of fused-ring (bicyclic) bond motifs is 2. The van der Waals surface area contributed by atoms with Crippen molar-refractivity contribution in [3.05, 3.63) is 56.2 Å². The molecule has 6 nitrogen and oxygen atoms in total. The molecule has 2 aromatic rings. The molecule has 168 valence electrons. The molecule has 3 aliphatic heterocycles. The Morgan fingerprint density at radius 2 is 1.91 bits per heavy atom. The van der Waals surface area contributed by atoms with Crippen molar-refractivity contribution < 1.29 is 24.1 Å². The zero-order chi connectivity index (χ0) is 22.2. The first-order valence-corrected chi connectivity index (χ1v) is 11.9. The summed E-state index contributed by atoms with van der Waals surface area (Å²) < 4.78 is 18.1. The Kier molecular flexibility index (Phi) is 5.97. The lowest BCUT2D eigenvalue weighted by atomic mass is 9.98. The summed E-state index contributed by atoms with van der Waals surface area (Å²) in [5.41, 5.74) is 3.60. The number of hydrogen-bond donors (Lipinski definition) is 1. The summed E-state index contributed by atoms with van der Waals surface area (Å²) in [4.78, 5) is 15.7. The Morgan fingerprint density at radius 1 is 1.12 bits per heavy atom. The fourth-order valence-electron chi connectivity index (χ4n) is 4.71. The van der Waals surface area contributed by atoms with E-state index in [-0.39, 0.29) is 24.1 Å². The van der Waals surface area contributed by atoms with Crippen LogP contribution in [0.15, 0.2) is 28.4 Å². The molecule has 0 unspecified atom stereocenters. The Balaban J connectivity index is 1.52. The van der Waals surface area contributed by atoms with Crippen molar-refractivity contribution in [2.45, 2.75) is 45.8 Å². The van der Waals surface area contributed by atoms with Crippen molar-refractivity contribution in [1.29, 1.82) is 0 Å². The average molecular weight is 500 g/mol. The van der Waals surface area contributed by atoms with E-state index >= 15 is 0 Å². The van der Waals surface area contributed by atoms with E-state index in [0.29, 0.717) is 41.3 Å². The molecule has 3 aliphatic rings. The second-order valence-corrected chi connectivity index (χ2v) is 9.53. The third-order valence-corrected chi connectivity index (χ3v) is 6.75. The minimum absolute atomic E-state index is 0.171. The maximum Gasteiger partial charge on any atom is 0.232 e. The highest BCUT2D eigenvalue weighted by molar-refractivity contribution is 9.10. The number of allylic oxidation sites excluding steroid dienone is 1. The number of phenols is 1. The van der Waals surface area contributed by atoms with Gasteiger partial charge in [0.2, 0.25) is 5.78 Å². The lowest BCUT2D eigenvalue weighted by molar-refractivity contribution is -0.0165. The van der Waals surface area contributed by atoms with Crippen LogP contribution in [0.2, 0.25) is 0 Å². The predicted octanol–water partition coefficient (Wildman–Crippen LogP) is 5.32. The number of phenolic OH excluding ortho intramolecular Hbond substituents is 1. The van der Waals surface area contributed by atoms with Crippen LogP contribution in [-0.2, 0) is 17.9 Å². The third kappa shape index (κ3) is 4.05. The molecule has 0 radical (unpaired) electrons. The Hall–Kier alpha value is -2.35. The molecule has 0 aromatic heterocycles. The largest absolute Gasteiger partial charge is 0.507 e. The number of ketones is 1. The second-order valence-electron chi connectivity index (χ2n) is 8.62. The molecule has 0 atom stereocenters. The fourth-order valence-corrected chi connectivity index (χ4v) is 5.23. The quantitative estimate of drug-likeness (QED) is 0.576. The fraction of sp³-hybridized carbons (Fsp3) is 0.400. The summed E-state index contributed by atoms with van der Waals surface area (Å²) in [5.74, 6) is 1.43. The van der Waals surface area contributed by atoms with E-state index in [4.69, 9.17) is 14.2 Å². The van der Waals surface area contributed by atoms with Gasteiger partial charge in [0.15, 0.2) is 12.6 Å². The number of benzene rings is 2. The van der Waals surface area contributed by atoms with Crippen LogP contribution >= 0.6 is 15.9 Å². The molecular formula is C25H26BrNO5. The standard InChI is InChI=1S/C25H26BrNO5/c1-15-8-20(28)19(12-27-6-4-2-3-5-7-27)25-22(15)23(29)21(32-25)11-16-9-18(26)10-17-13-30-14-31-24(16)17/h8-11,28H,2-7,12-14H2,1H3/b21-11-. The van der Waals surface area contributed by atoms with Crippen molar-refractivity contribution in [3.8, 4) is 17.2 Å². The van der Waals surface area contributed by atoms with Crippen molar-refractivity contribution in [3.63, 3.8) is 0 Å². The third-order valence-electron chi connectivity index (χ3n) is 6.29. The van der Waals surface area contributed by atoms with E-state index in [1.54, 1.807) is 12.1 Å². The number of hydrogen-bond acceptors (Lipinski definition) is 6. The van der Waals surface area contributed by atoms with Crippen molar-refractivity contribution in [2.24, 2.45) is 0 Å². The lowest BCUT2D eigenvalue weighted by Crippen LogP contribution is -2.24. The summed E-state index contributed by atoms with van der Waals surface area (Å²) in [6.07, 6.45) is 6.50. The number of rotatable bonds is 3. The Morgan fingerprint density at radius 3 is 2.69 bits per heavy atom. The number of likely N-dealkylation sites (tertiary alicyclic amines) is 1. The smallest absolute Gasteiger partial charge is 0.232 e. The Labute approximate surface area is 195 Å². The summed E-state index contributed by atoms with van der Waals surface area (Å²) in [6.45, 7) is 5.01. The molecular weight excluding hydrogens is 474 g/mol. The van der Waals surface area contributed by atoms with Crippen LogP contribution in [0, 0.1) is 6.92 Å². The van der Waals surface area contributed by atoms with Gasteiger partial charge in [-0.05, 0) is 62.7 Å². The highest BCUT2D eigenvalue weighted by atomic mass is 79.9. The predicted molar refractivity (Wildman–Crippen MR) is 124 cm³/mol. The second kappa shape index (κ2) is 8.89. The molecule has 0 aliphatic carbocycles. The molecule has 3 heterocycles. The van der Waals surface area contributed by atoms with Gasteiger partial charge < -0.3 is 19.3 Å². The van der Waals surface area contributed by atoms with Gasteiger partial charge in [0, 0.05) is 22.1 Å². The molecule has 2 aromatic carbocycles. The number of Topliss-reactive ketones (excluding diaryl/α,β-unsaturated/α-hetero) is 1. The summed E-state index contributed by atoms with van der Waals surface area (Å²) in [7, 11) is 0. The van der Waals surface area contributed by atoms with Crippen molar-refractivity contribution in [1.82, 2.24) is 4.90 Å². The zero-order valence-corrected chi connectivity index (χ0v) is 19.7. The van der Waals surface area contributed by atoms with Crippen molar-refractivity contribution >= 4 is 27.8 Å². The van der Waals surface area contributed by atoms with E-state index in [1.807, 2.05) is 19.1 Å². The number of carbonyl (C=O) groups is 1. The monoisotopic (exact) mass is 499 g/mol. The average Bonchev–Trinajstić information content (AvgIpc) is 2.92. The number of carbonyl (C=O) groups excluding carboxylic acids is 1. The minimum Gasteiger partial charge on any atom is -0.507 e. The molecule has 1 saturated heterocycles.